The maximum Gasteiger partial charge on any atom is 0.234 e. The second kappa shape index (κ2) is 6.88. The predicted molar refractivity (Wildman–Crippen MR) is 75.1 cm³/mol. The number of nitrogens with one attached hydrogen (secondary N) is 1. The SMILES string of the molecule is O=C1CN(CC(O)COc2cccc(Br)c2)CCN1. The van der Waals surface area contributed by atoms with E-state index in [0.29, 0.717) is 25.4 Å². The molecule has 1 aliphatic heterocycles. The highest BCUT2D eigenvalue weighted by Crippen LogP contribution is 2.17. The number of rotatable bonds is 5. The van der Waals surface area contributed by atoms with Gasteiger partial charge in [0, 0.05) is 24.1 Å². The summed E-state index contributed by atoms with van der Waals surface area (Å²) >= 11 is 3.36. The highest BCUT2D eigenvalue weighted by Gasteiger charge is 2.19. The van der Waals surface area contributed by atoms with Gasteiger partial charge < -0.3 is 15.2 Å². The van der Waals surface area contributed by atoms with E-state index >= 15 is 0 Å². The minimum absolute atomic E-state index is 0.00589. The van der Waals surface area contributed by atoms with Crippen molar-refractivity contribution < 1.29 is 14.6 Å². The zero-order valence-corrected chi connectivity index (χ0v) is 12.1. The van der Waals surface area contributed by atoms with Gasteiger partial charge in [0.15, 0.2) is 0 Å². The fourth-order valence-electron chi connectivity index (χ4n) is 1.95. The van der Waals surface area contributed by atoms with Crippen molar-refractivity contribution in [3.05, 3.63) is 28.7 Å². The monoisotopic (exact) mass is 328 g/mol. The molecule has 1 atom stereocenters. The highest BCUT2D eigenvalue weighted by molar-refractivity contribution is 9.10. The number of benzene rings is 1. The van der Waals surface area contributed by atoms with Gasteiger partial charge in [0.05, 0.1) is 6.54 Å². The molecule has 1 aromatic rings. The minimum atomic E-state index is -0.607. The number of piperazine rings is 1. The van der Waals surface area contributed by atoms with Crippen LogP contribution in [0.3, 0.4) is 0 Å². The fraction of sp³-hybridized carbons (Fsp3) is 0.462. The third kappa shape index (κ3) is 4.81. The van der Waals surface area contributed by atoms with Crippen molar-refractivity contribution in [2.24, 2.45) is 0 Å². The van der Waals surface area contributed by atoms with Gasteiger partial charge in [-0.15, -0.1) is 0 Å². The van der Waals surface area contributed by atoms with E-state index in [1.54, 1.807) is 0 Å². The van der Waals surface area contributed by atoms with Gasteiger partial charge in [0.25, 0.3) is 0 Å². The van der Waals surface area contributed by atoms with Crippen LogP contribution in [0.1, 0.15) is 0 Å². The summed E-state index contributed by atoms with van der Waals surface area (Å²) in [5.74, 6) is 0.719. The first-order chi connectivity index (χ1) is 9.13. The first-order valence-electron chi connectivity index (χ1n) is 6.19. The molecule has 1 aliphatic rings. The molecular formula is C13H17BrN2O3. The van der Waals surface area contributed by atoms with E-state index in [0.717, 1.165) is 11.0 Å². The number of aliphatic hydroxyl groups is 1. The lowest BCUT2D eigenvalue weighted by atomic mass is 10.3. The molecule has 0 spiro atoms. The van der Waals surface area contributed by atoms with Crippen LogP contribution >= 0.6 is 15.9 Å². The molecule has 1 saturated heterocycles. The van der Waals surface area contributed by atoms with Crippen LogP contribution in [0.4, 0.5) is 0 Å². The Morgan fingerprint density at radius 3 is 3.11 bits per heavy atom. The van der Waals surface area contributed by atoms with Crippen LogP contribution in [0.5, 0.6) is 5.75 Å². The van der Waals surface area contributed by atoms with Crippen LogP contribution < -0.4 is 10.1 Å². The summed E-state index contributed by atoms with van der Waals surface area (Å²) in [5.41, 5.74) is 0. The summed E-state index contributed by atoms with van der Waals surface area (Å²) in [6.07, 6.45) is -0.607. The number of nitrogens with zero attached hydrogens (tertiary/aromatic N) is 1. The van der Waals surface area contributed by atoms with Crippen LogP contribution in [-0.2, 0) is 4.79 Å². The van der Waals surface area contributed by atoms with Crippen molar-refractivity contribution >= 4 is 21.8 Å². The highest BCUT2D eigenvalue weighted by atomic mass is 79.9. The zero-order chi connectivity index (χ0) is 13.7. The van der Waals surface area contributed by atoms with Gasteiger partial charge in [0.2, 0.25) is 5.91 Å². The van der Waals surface area contributed by atoms with Crippen molar-refractivity contribution in [2.75, 3.05) is 32.8 Å². The molecule has 1 unspecified atom stereocenters. The number of hydrogen-bond donors (Lipinski definition) is 2. The number of ether oxygens (including phenoxy) is 1. The van der Waals surface area contributed by atoms with Crippen LogP contribution in [0.15, 0.2) is 28.7 Å². The van der Waals surface area contributed by atoms with Gasteiger partial charge in [0.1, 0.15) is 18.5 Å². The standard InChI is InChI=1S/C13H17BrN2O3/c14-10-2-1-3-12(6-10)19-9-11(17)7-16-5-4-15-13(18)8-16/h1-3,6,11,17H,4-5,7-9H2,(H,15,18). The van der Waals surface area contributed by atoms with Crippen LogP contribution in [0, 0.1) is 0 Å². The quantitative estimate of drug-likeness (QED) is 0.831. The Labute approximate surface area is 120 Å². The summed E-state index contributed by atoms with van der Waals surface area (Å²) in [5, 5.41) is 12.7. The molecule has 1 fully saturated rings. The third-order valence-corrected chi connectivity index (χ3v) is 3.32. The summed E-state index contributed by atoms with van der Waals surface area (Å²) in [6, 6.07) is 7.48. The lowest BCUT2D eigenvalue weighted by molar-refractivity contribution is -0.124. The van der Waals surface area contributed by atoms with Gasteiger partial charge >= 0.3 is 0 Å². The molecule has 1 heterocycles. The summed E-state index contributed by atoms with van der Waals surface area (Å²) in [7, 11) is 0. The largest absolute Gasteiger partial charge is 0.491 e. The molecule has 0 radical (unpaired) electrons. The summed E-state index contributed by atoms with van der Waals surface area (Å²) in [6.45, 7) is 2.40. The average Bonchev–Trinajstić information content (AvgIpc) is 2.36. The van der Waals surface area contributed by atoms with E-state index in [9.17, 15) is 9.90 Å². The Kier molecular flexibility index (Phi) is 5.18. The minimum Gasteiger partial charge on any atom is -0.491 e. The molecule has 6 heteroatoms. The molecule has 5 nitrogen and oxygen atoms in total. The number of carbonyl (C=O) groups excluding carboxylic acids is 1. The van der Waals surface area contributed by atoms with Crippen LogP contribution in [0.25, 0.3) is 0 Å². The van der Waals surface area contributed by atoms with Crippen molar-refractivity contribution in [3.8, 4) is 5.75 Å². The van der Waals surface area contributed by atoms with Crippen LogP contribution in [-0.4, -0.2) is 54.8 Å². The molecule has 19 heavy (non-hydrogen) atoms. The Hall–Kier alpha value is -1.11. The Morgan fingerprint density at radius 2 is 2.37 bits per heavy atom. The average molecular weight is 329 g/mol. The number of amides is 1. The molecular weight excluding hydrogens is 312 g/mol. The maximum atomic E-state index is 11.2. The second-order valence-electron chi connectivity index (χ2n) is 4.51. The van der Waals surface area contributed by atoms with Crippen LogP contribution in [0.2, 0.25) is 0 Å². The molecule has 2 rings (SSSR count). The number of halogens is 1. The maximum absolute atomic E-state index is 11.2. The predicted octanol–water partition coefficient (Wildman–Crippen LogP) is 0.621. The normalized spacial score (nSPS) is 17.9. The first-order valence-corrected chi connectivity index (χ1v) is 6.98. The van der Waals surface area contributed by atoms with E-state index in [4.69, 9.17) is 4.74 Å². The molecule has 0 aliphatic carbocycles. The molecule has 1 amide bonds. The Morgan fingerprint density at radius 1 is 1.53 bits per heavy atom. The number of aliphatic hydroxyl groups excluding tert-OH is 1. The molecule has 0 aromatic heterocycles. The molecule has 104 valence electrons. The van der Waals surface area contributed by atoms with E-state index in [1.165, 1.54) is 0 Å². The molecule has 0 saturated carbocycles. The zero-order valence-electron chi connectivity index (χ0n) is 10.5. The van der Waals surface area contributed by atoms with Gasteiger partial charge in [-0.1, -0.05) is 22.0 Å². The summed E-state index contributed by atoms with van der Waals surface area (Å²) in [4.78, 5) is 13.1. The van der Waals surface area contributed by atoms with Crippen molar-refractivity contribution in [3.63, 3.8) is 0 Å². The Bertz CT molecular complexity index is 442. The summed E-state index contributed by atoms with van der Waals surface area (Å²) < 4.78 is 6.45. The van der Waals surface area contributed by atoms with E-state index in [-0.39, 0.29) is 12.5 Å². The van der Waals surface area contributed by atoms with Crippen molar-refractivity contribution in [1.29, 1.82) is 0 Å². The molecule has 1 aromatic carbocycles. The smallest absolute Gasteiger partial charge is 0.234 e. The number of carbonyl (C=O) groups is 1. The van der Waals surface area contributed by atoms with E-state index in [1.807, 2.05) is 29.2 Å². The lowest BCUT2D eigenvalue weighted by Gasteiger charge is -2.28. The lowest BCUT2D eigenvalue weighted by Crippen LogP contribution is -2.50. The third-order valence-electron chi connectivity index (χ3n) is 2.82. The molecule has 2 N–H and O–H groups in total. The Balaban J connectivity index is 1.75. The second-order valence-corrected chi connectivity index (χ2v) is 5.42. The first kappa shape index (κ1) is 14.3. The fourth-order valence-corrected chi connectivity index (χ4v) is 2.33. The van der Waals surface area contributed by atoms with Gasteiger partial charge in [-0.2, -0.15) is 0 Å². The number of β-amino-alcohol motifs (C(OH)–C–C–N with tert-alkyl or cyclic N) is 1. The van der Waals surface area contributed by atoms with Gasteiger partial charge in [-0.25, -0.2) is 0 Å². The van der Waals surface area contributed by atoms with Gasteiger partial charge in [-0.05, 0) is 18.2 Å². The number of hydrogen-bond acceptors (Lipinski definition) is 4. The van der Waals surface area contributed by atoms with Gasteiger partial charge in [-0.3, -0.25) is 9.69 Å². The molecule has 0 bridgehead atoms. The topological polar surface area (TPSA) is 61.8 Å². The van der Waals surface area contributed by atoms with E-state index in [2.05, 4.69) is 21.2 Å². The van der Waals surface area contributed by atoms with Crippen molar-refractivity contribution in [2.45, 2.75) is 6.10 Å². The van der Waals surface area contributed by atoms with E-state index < -0.39 is 6.10 Å². The van der Waals surface area contributed by atoms with Crippen molar-refractivity contribution in [1.82, 2.24) is 10.2 Å².